The van der Waals surface area contributed by atoms with Crippen LogP contribution in [0.1, 0.15) is 70.4 Å². The van der Waals surface area contributed by atoms with Crippen LogP contribution in [0.25, 0.3) is 0 Å². The molecule has 8 rings (SSSR count). The number of benzene rings is 1. The summed E-state index contributed by atoms with van der Waals surface area (Å²) >= 11 is 0. The molecule has 2 saturated carbocycles. The van der Waals surface area contributed by atoms with E-state index in [1.54, 1.807) is 7.11 Å². The van der Waals surface area contributed by atoms with E-state index < -0.39 is 11.2 Å². The van der Waals surface area contributed by atoms with Crippen LogP contribution >= 0.6 is 0 Å². The fourth-order valence-corrected chi connectivity index (χ4v) is 9.24. The van der Waals surface area contributed by atoms with E-state index in [-0.39, 0.29) is 28.6 Å². The van der Waals surface area contributed by atoms with Gasteiger partial charge in [0.05, 0.1) is 11.0 Å². The summed E-state index contributed by atoms with van der Waals surface area (Å²) in [4.78, 5) is 2.78. The molecule has 1 aromatic rings. The maximum atomic E-state index is 12.1. The van der Waals surface area contributed by atoms with Gasteiger partial charge < -0.3 is 19.7 Å². The number of rotatable bonds is 7. The third-order valence-electron chi connectivity index (χ3n) is 11.1. The molecule has 7 atom stereocenters. The zero-order valence-corrected chi connectivity index (χ0v) is 21.7. The number of likely N-dealkylation sites (tertiary alicyclic amines) is 1. The van der Waals surface area contributed by atoms with Crippen LogP contribution in [0.5, 0.6) is 11.5 Å². The highest BCUT2D eigenvalue weighted by atomic mass is 16.6. The molecule has 4 bridgehead atoms. The fourth-order valence-electron chi connectivity index (χ4n) is 9.24. The lowest BCUT2D eigenvalue weighted by molar-refractivity contribution is -0.249. The van der Waals surface area contributed by atoms with Gasteiger partial charge in [0, 0.05) is 36.6 Å². The van der Waals surface area contributed by atoms with Crippen LogP contribution in [0, 0.1) is 23.2 Å². The lowest BCUT2D eigenvalue weighted by Crippen LogP contribution is -2.80. The van der Waals surface area contributed by atoms with Crippen LogP contribution in [0.3, 0.4) is 0 Å². The van der Waals surface area contributed by atoms with Crippen molar-refractivity contribution in [1.82, 2.24) is 4.90 Å². The Hall–Kier alpha value is -1.56. The molecular formula is C30H41NO4. The summed E-state index contributed by atoms with van der Waals surface area (Å²) < 4.78 is 13.3. The Kier molecular flexibility index (Phi) is 4.56. The smallest absolute Gasteiger partial charge is 0.165 e. The molecule has 2 heterocycles. The number of ether oxygens (including phenoxy) is 2. The highest BCUT2D eigenvalue weighted by Gasteiger charge is 2.80. The van der Waals surface area contributed by atoms with Crippen molar-refractivity contribution in [2.75, 3.05) is 20.2 Å². The van der Waals surface area contributed by atoms with Crippen molar-refractivity contribution in [3.63, 3.8) is 0 Å². The maximum absolute atomic E-state index is 12.1. The predicted octanol–water partition coefficient (Wildman–Crippen LogP) is 4.58. The van der Waals surface area contributed by atoms with E-state index in [0.29, 0.717) is 17.7 Å². The Morgan fingerprint density at radius 3 is 2.77 bits per heavy atom. The number of fused-ring (bicyclic) bond motifs is 1. The first-order chi connectivity index (χ1) is 16.7. The van der Waals surface area contributed by atoms with Crippen molar-refractivity contribution < 1.29 is 19.7 Å². The topological polar surface area (TPSA) is 62.2 Å². The van der Waals surface area contributed by atoms with Crippen LogP contribution in [0.2, 0.25) is 0 Å². The summed E-state index contributed by atoms with van der Waals surface area (Å²) in [6.07, 6.45) is 11.9. The zero-order chi connectivity index (χ0) is 24.4. The summed E-state index contributed by atoms with van der Waals surface area (Å²) in [7, 11) is 1.79. The van der Waals surface area contributed by atoms with Gasteiger partial charge in [-0.2, -0.15) is 0 Å². The first-order valence-electron chi connectivity index (χ1n) is 13.9. The maximum Gasteiger partial charge on any atom is 0.165 e. The summed E-state index contributed by atoms with van der Waals surface area (Å²) in [5, 5.41) is 23.0. The molecular weight excluding hydrogens is 438 g/mol. The third kappa shape index (κ3) is 2.65. The zero-order valence-electron chi connectivity index (χ0n) is 21.7. The predicted molar refractivity (Wildman–Crippen MR) is 135 cm³/mol. The normalized spacial score (nSPS) is 42.2. The number of hydrogen-bond donors (Lipinski definition) is 2. The molecule has 0 amide bonds. The van der Waals surface area contributed by atoms with E-state index >= 15 is 0 Å². The molecule has 35 heavy (non-hydrogen) atoms. The molecule has 5 heteroatoms. The van der Waals surface area contributed by atoms with Crippen LogP contribution in [0.4, 0.5) is 0 Å². The second kappa shape index (κ2) is 7.05. The highest BCUT2D eigenvalue weighted by molar-refractivity contribution is 5.65. The van der Waals surface area contributed by atoms with Crippen molar-refractivity contribution >= 4 is 0 Å². The highest BCUT2D eigenvalue weighted by Crippen LogP contribution is 2.75. The monoisotopic (exact) mass is 479 g/mol. The Bertz CT molecular complexity index is 1090. The SMILES string of the molecule is CO[C@]12C=C[C@@]3(C[C@@H]1[C@](C)(O)CCC(C)C)[C@H]1Cc4ccc(O)c5c4[C@@]3(CCN1CC1CC1)[C@H]2O5. The van der Waals surface area contributed by atoms with Crippen LogP contribution in [-0.2, 0) is 16.6 Å². The molecule has 3 fully saturated rings. The summed E-state index contributed by atoms with van der Waals surface area (Å²) in [6, 6.07) is 4.36. The lowest BCUT2D eigenvalue weighted by Gasteiger charge is -2.72. The number of piperidine rings is 1. The van der Waals surface area contributed by atoms with Gasteiger partial charge >= 0.3 is 0 Å². The number of aromatic hydroxyl groups is 1. The number of nitrogens with zero attached hydrogens (tertiary/aromatic N) is 1. The quantitative estimate of drug-likeness (QED) is 0.561. The summed E-state index contributed by atoms with van der Waals surface area (Å²) in [5.74, 6) is 2.24. The second-order valence-corrected chi connectivity index (χ2v) is 13.3. The molecule has 190 valence electrons. The minimum atomic E-state index is -0.865. The van der Waals surface area contributed by atoms with Gasteiger partial charge in [0.2, 0.25) is 0 Å². The average Bonchev–Trinajstić information content (AvgIpc) is 3.57. The summed E-state index contributed by atoms with van der Waals surface area (Å²) in [6.45, 7) is 8.74. The minimum Gasteiger partial charge on any atom is -0.504 e. The van der Waals surface area contributed by atoms with Crippen LogP contribution in [-0.4, -0.2) is 58.7 Å². The van der Waals surface area contributed by atoms with E-state index in [9.17, 15) is 10.2 Å². The van der Waals surface area contributed by atoms with E-state index in [0.717, 1.165) is 44.6 Å². The molecule has 5 nitrogen and oxygen atoms in total. The van der Waals surface area contributed by atoms with E-state index in [1.807, 2.05) is 13.0 Å². The fraction of sp³-hybridized carbons (Fsp3) is 0.733. The van der Waals surface area contributed by atoms with Gasteiger partial charge in [0.1, 0.15) is 11.7 Å². The second-order valence-electron chi connectivity index (χ2n) is 13.3. The molecule has 2 N–H and O–H groups in total. The molecule has 2 aliphatic heterocycles. The number of phenols is 1. The molecule has 1 aromatic carbocycles. The van der Waals surface area contributed by atoms with Crippen molar-refractivity contribution in [3.8, 4) is 11.5 Å². The summed E-state index contributed by atoms with van der Waals surface area (Å²) in [5.41, 5.74) is 0.669. The van der Waals surface area contributed by atoms with Gasteiger partial charge in [0.15, 0.2) is 11.5 Å². The van der Waals surface area contributed by atoms with E-state index in [2.05, 4.69) is 37.0 Å². The number of hydrogen-bond acceptors (Lipinski definition) is 5. The van der Waals surface area contributed by atoms with Gasteiger partial charge in [-0.05, 0) is 81.9 Å². The Morgan fingerprint density at radius 2 is 2.06 bits per heavy atom. The molecule has 5 aliphatic carbocycles. The van der Waals surface area contributed by atoms with Gasteiger partial charge in [0.25, 0.3) is 0 Å². The molecule has 7 aliphatic rings. The van der Waals surface area contributed by atoms with Crippen LogP contribution < -0.4 is 4.74 Å². The number of aliphatic hydroxyl groups is 1. The Labute approximate surface area is 209 Å². The third-order valence-corrected chi connectivity index (χ3v) is 11.1. The standard InChI is InChI=1S/C30H41NO4/c1-18(2)9-10-27(3,33)22-16-28-11-12-30(22,34-4)26-29(28)13-14-31(17-19-5-6-19)23(28)15-20-7-8-21(32)25(35-26)24(20)29/h7-8,11-12,18-19,22-23,26,32-33H,5-6,9-10,13-17H2,1-4H3/t22-,23-,26-,27-,28-,29+,30-/m1/s1. The van der Waals surface area contributed by atoms with E-state index in [1.165, 1.54) is 30.5 Å². The van der Waals surface area contributed by atoms with Crippen molar-refractivity contribution in [2.24, 2.45) is 23.2 Å². The minimum absolute atomic E-state index is 0.0664. The Balaban J connectivity index is 1.43. The first-order valence-corrected chi connectivity index (χ1v) is 13.9. The molecule has 0 unspecified atom stereocenters. The number of phenolic OH excluding ortho intramolecular Hbond substituents is 1. The number of methoxy groups -OCH3 is 1. The van der Waals surface area contributed by atoms with E-state index in [4.69, 9.17) is 9.47 Å². The van der Waals surface area contributed by atoms with Gasteiger partial charge in [-0.3, -0.25) is 4.90 Å². The van der Waals surface area contributed by atoms with Crippen molar-refractivity contribution in [2.45, 2.75) is 94.5 Å². The largest absolute Gasteiger partial charge is 0.504 e. The van der Waals surface area contributed by atoms with Crippen molar-refractivity contribution in [1.29, 1.82) is 0 Å². The molecule has 1 saturated heterocycles. The van der Waals surface area contributed by atoms with Gasteiger partial charge in [-0.25, -0.2) is 0 Å². The lowest BCUT2D eigenvalue weighted by atomic mass is 9.36. The Morgan fingerprint density at radius 1 is 1.26 bits per heavy atom. The first kappa shape index (κ1) is 22.6. The van der Waals surface area contributed by atoms with Crippen LogP contribution in [0.15, 0.2) is 24.3 Å². The molecule has 0 aromatic heterocycles. The van der Waals surface area contributed by atoms with Gasteiger partial charge in [-0.15, -0.1) is 0 Å². The average molecular weight is 480 g/mol. The molecule has 2 spiro atoms. The molecule has 0 radical (unpaired) electrons. The van der Waals surface area contributed by atoms with Crippen molar-refractivity contribution in [3.05, 3.63) is 35.4 Å². The van der Waals surface area contributed by atoms with Gasteiger partial charge in [-0.1, -0.05) is 32.1 Å².